The Bertz CT molecular complexity index is 707. The van der Waals surface area contributed by atoms with E-state index in [1.165, 1.54) is 11.8 Å². The van der Waals surface area contributed by atoms with Crippen molar-refractivity contribution in [1.29, 1.82) is 0 Å². The van der Waals surface area contributed by atoms with Crippen LogP contribution in [0.25, 0.3) is 0 Å². The third kappa shape index (κ3) is 3.32. The number of esters is 1. The predicted molar refractivity (Wildman–Crippen MR) is 87.4 cm³/mol. The maximum Gasteiger partial charge on any atom is 0.308 e. The topological polar surface area (TPSA) is 83.9 Å². The van der Waals surface area contributed by atoms with Crippen LogP contribution in [-0.4, -0.2) is 34.2 Å². The molecule has 6 heteroatoms. The van der Waals surface area contributed by atoms with E-state index in [-0.39, 0.29) is 17.8 Å². The van der Waals surface area contributed by atoms with Gasteiger partial charge in [-0.2, -0.15) is 0 Å². The van der Waals surface area contributed by atoms with Crippen LogP contribution in [0.1, 0.15) is 45.2 Å². The zero-order valence-corrected chi connectivity index (χ0v) is 14.0. The van der Waals surface area contributed by atoms with Crippen molar-refractivity contribution in [3.05, 3.63) is 41.2 Å². The average molecular weight is 331 g/mol. The summed E-state index contributed by atoms with van der Waals surface area (Å²) in [6.07, 6.45) is 0.875. The van der Waals surface area contributed by atoms with Gasteiger partial charge in [-0.05, 0) is 24.1 Å². The van der Waals surface area contributed by atoms with E-state index in [0.29, 0.717) is 24.3 Å². The van der Waals surface area contributed by atoms with Gasteiger partial charge in [0.2, 0.25) is 0 Å². The van der Waals surface area contributed by atoms with Gasteiger partial charge in [-0.3, -0.25) is 14.4 Å². The Balaban J connectivity index is 2.51. The molecule has 1 amide bonds. The van der Waals surface area contributed by atoms with Gasteiger partial charge in [-0.15, -0.1) is 0 Å². The molecule has 0 fully saturated rings. The quantitative estimate of drug-likeness (QED) is 0.640. The van der Waals surface area contributed by atoms with Crippen LogP contribution in [0.3, 0.4) is 0 Å². The highest BCUT2D eigenvalue weighted by Gasteiger charge is 2.42. The summed E-state index contributed by atoms with van der Waals surface area (Å²) in [6, 6.07) is 6.00. The molecule has 24 heavy (non-hydrogen) atoms. The van der Waals surface area contributed by atoms with Crippen molar-refractivity contribution in [3.63, 3.8) is 0 Å². The normalized spacial score (nSPS) is 17.4. The van der Waals surface area contributed by atoms with Crippen LogP contribution in [0, 0.1) is 0 Å². The molecule has 0 radical (unpaired) electrons. The van der Waals surface area contributed by atoms with Gasteiger partial charge in [-0.25, -0.2) is 0 Å². The zero-order chi connectivity index (χ0) is 17.9. The fourth-order valence-electron chi connectivity index (χ4n) is 2.86. The second-order valence-electron chi connectivity index (χ2n) is 5.61. The minimum absolute atomic E-state index is 0.107. The van der Waals surface area contributed by atoms with Crippen LogP contribution in [0.4, 0.5) is 0 Å². The summed E-state index contributed by atoms with van der Waals surface area (Å²) < 4.78 is 5.08. The van der Waals surface area contributed by atoms with Crippen molar-refractivity contribution in [1.82, 2.24) is 4.90 Å². The maximum absolute atomic E-state index is 12.4. The monoisotopic (exact) mass is 331 g/mol. The molecule has 1 aromatic carbocycles. The molecule has 1 N–H and O–H groups in total. The van der Waals surface area contributed by atoms with E-state index in [1.807, 2.05) is 6.92 Å². The van der Waals surface area contributed by atoms with E-state index in [0.717, 1.165) is 0 Å². The van der Waals surface area contributed by atoms with Gasteiger partial charge in [0.25, 0.3) is 5.91 Å². The number of Topliss-reactive ketones (excluding diaryl/α,β-unsaturated/α-hetero) is 1. The summed E-state index contributed by atoms with van der Waals surface area (Å²) in [6.45, 7) is 5.30. The number of ether oxygens (including phenoxy) is 1. The lowest BCUT2D eigenvalue weighted by atomic mass is 9.95. The van der Waals surface area contributed by atoms with Gasteiger partial charge in [0, 0.05) is 19.9 Å². The number of benzene rings is 1. The minimum atomic E-state index is -0.666. The Hall–Kier alpha value is -2.63. The molecule has 1 aromatic rings. The summed E-state index contributed by atoms with van der Waals surface area (Å²) in [5.41, 5.74) is 0.729. The molecule has 0 saturated carbocycles. The number of amides is 1. The number of hydrogen-bond acceptors (Lipinski definition) is 5. The van der Waals surface area contributed by atoms with E-state index >= 15 is 0 Å². The molecule has 1 aliphatic heterocycles. The molecule has 0 aromatic heterocycles. The summed E-state index contributed by atoms with van der Waals surface area (Å²) in [5, 5.41) is 10.2. The second-order valence-corrected chi connectivity index (χ2v) is 5.61. The second kappa shape index (κ2) is 7.29. The molecule has 1 unspecified atom stereocenters. The van der Waals surface area contributed by atoms with Gasteiger partial charge < -0.3 is 14.7 Å². The van der Waals surface area contributed by atoms with Crippen molar-refractivity contribution < 1.29 is 24.2 Å². The highest BCUT2D eigenvalue weighted by molar-refractivity contribution is 6.08. The molecule has 2 rings (SSSR count). The van der Waals surface area contributed by atoms with Crippen molar-refractivity contribution >= 4 is 17.7 Å². The molecule has 128 valence electrons. The van der Waals surface area contributed by atoms with Crippen LogP contribution < -0.4 is 4.74 Å². The number of carbonyl (C=O) groups excluding carboxylic acids is 3. The van der Waals surface area contributed by atoms with E-state index in [9.17, 15) is 19.5 Å². The number of nitrogens with zero attached hydrogens (tertiary/aromatic N) is 1. The van der Waals surface area contributed by atoms with E-state index in [4.69, 9.17) is 4.74 Å². The zero-order valence-electron chi connectivity index (χ0n) is 14.0. The van der Waals surface area contributed by atoms with Crippen molar-refractivity contribution in [2.24, 2.45) is 0 Å². The van der Waals surface area contributed by atoms with Gasteiger partial charge in [0.15, 0.2) is 11.5 Å². The van der Waals surface area contributed by atoms with Gasteiger partial charge in [-0.1, -0.05) is 26.0 Å². The van der Waals surface area contributed by atoms with Gasteiger partial charge in [0.05, 0.1) is 11.6 Å². The maximum atomic E-state index is 12.4. The molecular formula is C18H21NO5. The minimum Gasteiger partial charge on any atom is -0.503 e. The number of rotatable bonds is 6. The van der Waals surface area contributed by atoms with E-state index in [1.54, 1.807) is 31.2 Å². The lowest BCUT2D eigenvalue weighted by molar-refractivity contribution is -0.132. The first-order valence-corrected chi connectivity index (χ1v) is 7.96. The summed E-state index contributed by atoms with van der Waals surface area (Å²) in [7, 11) is 0. The summed E-state index contributed by atoms with van der Waals surface area (Å²) in [4.78, 5) is 37.3. The Labute approximate surface area is 140 Å². The molecule has 0 aliphatic carbocycles. The van der Waals surface area contributed by atoms with Crippen molar-refractivity contribution in [2.45, 2.75) is 39.7 Å². The lowest BCUT2D eigenvalue weighted by Gasteiger charge is -2.26. The highest BCUT2D eigenvalue weighted by atomic mass is 16.5. The third-order valence-electron chi connectivity index (χ3n) is 3.83. The molecule has 0 spiro atoms. The average Bonchev–Trinajstić information content (AvgIpc) is 2.79. The molecule has 1 heterocycles. The molecule has 1 aliphatic rings. The molecular weight excluding hydrogens is 310 g/mol. The van der Waals surface area contributed by atoms with Crippen LogP contribution >= 0.6 is 0 Å². The van der Waals surface area contributed by atoms with Crippen LogP contribution in [0.5, 0.6) is 5.75 Å². The largest absolute Gasteiger partial charge is 0.503 e. The Morgan fingerprint density at radius 1 is 1.29 bits per heavy atom. The van der Waals surface area contributed by atoms with Gasteiger partial charge >= 0.3 is 5.97 Å². The standard InChI is InChI=1S/C18H21NO5/c1-4-9-19-16(15(14(21)5-2)17(22)18(19)23)12-7-6-8-13(10-12)24-11(3)20/h6-8,10,16,22H,4-5,9H2,1-3H3. The number of aliphatic hydroxyl groups excluding tert-OH is 1. The fourth-order valence-corrected chi connectivity index (χ4v) is 2.86. The Kier molecular flexibility index (Phi) is 5.39. The van der Waals surface area contributed by atoms with E-state index in [2.05, 4.69) is 0 Å². The van der Waals surface area contributed by atoms with Crippen LogP contribution in [0.15, 0.2) is 35.6 Å². The van der Waals surface area contributed by atoms with Crippen LogP contribution in [-0.2, 0) is 14.4 Å². The first-order valence-electron chi connectivity index (χ1n) is 7.96. The smallest absolute Gasteiger partial charge is 0.308 e. The number of carbonyl (C=O) groups is 3. The van der Waals surface area contributed by atoms with Crippen molar-refractivity contribution in [2.75, 3.05) is 6.54 Å². The third-order valence-corrected chi connectivity index (χ3v) is 3.83. The molecule has 0 saturated heterocycles. The highest BCUT2D eigenvalue weighted by Crippen LogP contribution is 2.39. The van der Waals surface area contributed by atoms with Crippen LogP contribution in [0.2, 0.25) is 0 Å². The van der Waals surface area contributed by atoms with Gasteiger partial charge in [0.1, 0.15) is 5.75 Å². The number of ketones is 1. The molecule has 1 atom stereocenters. The number of hydrogen-bond donors (Lipinski definition) is 1. The number of aliphatic hydroxyl groups is 1. The SMILES string of the molecule is CCCN1C(=O)C(O)=C(C(=O)CC)C1c1cccc(OC(C)=O)c1. The Morgan fingerprint density at radius 2 is 2.00 bits per heavy atom. The summed E-state index contributed by atoms with van der Waals surface area (Å²) in [5.74, 6) is -1.43. The first kappa shape index (κ1) is 17.7. The summed E-state index contributed by atoms with van der Waals surface area (Å²) >= 11 is 0. The molecule has 6 nitrogen and oxygen atoms in total. The molecule has 0 bridgehead atoms. The predicted octanol–water partition coefficient (Wildman–Crippen LogP) is 2.70. The van der Waals surface area contributed by atoms with Crippen molar-refractivity contribution in [3.8, 4) is 5.75 Å². The lowest BCUT2D eigenvalue weighted by Crippen LogP contribution is -2.31. The first-order chi connectivity index (χ1) is 11.4. The van der Waals surface area contributed by atoms with E-state index < -0.39 is 23.7 Å². The Morgan fingerprint density at radius 3 is 2.58 bits per heavy atom. The fraction of sp³-hybridized carbons (Fsp3) is 0.389.